The Hall–Kier alpha value is -1.32. The van der Waals surface area contributed by atoms with Crippen LogP contribution in [0.1, 0.15) is 69.9 Å². The van der Waals surface area contributed by atoms with E-state index in [-0.39, 0.29) is 23.3 Å². The molecule has 0 amide bonds. The van der Waals surface area contributed by atoms with Crippen LogP contribution in [0.2, 0.25) is 0 Å². The lowest BCUT2D eigenvalue weighted by atomic mass is 9.69. The number of hydrogen-bond acceptors (Lipinski definition) is 2. The zero-order valence-corrected chi connectivity index (χ0v) is 14.3. The van der Waals surface area contributed by atoms with E-state index >= 15 is 0 Å². The number of phenols is 1. The maximum atomic E-state index is 14.5. The van der Waals surface area contributed by atoms with Crippen molar-refractivity contribution in [2.24, 2.45) is 17.8 Å². The lowest BCUT2D eigenvalue weighted by molar-refractivity contribution is -0.237. The van der Waals surface area contributed by atoms with Crippen molar-refractivity contribution in [2.45, 2.75) is 64.9 Å². The highest BCUT2D eigenvalue weighted by Crippen LogP contribution is 2.56. The van der Waals surface area contributed by atoms with Gasteiger partial charge in [-0.1, -0.05) is 34.1 Å². The van der Waals surface area contributed by atoms with Crippen molar-refractivity contribution >= 4 is 0 Å². The second-order valence-corrected chi connectivity index (χ2v) is 7.78. The smallest absolute Gasteiger partial charge is 0.401 e. The molecule has 1 aromatic carbocycles. The summed E-state index contributed by atoms with van der Waals surface area (Å²) in [7, 11) is 0. The van der Waals surface area contributed by atoms with Gasteiger partial charge in [0.15, 0.2) is 0 Å². The number of rotatable bonds is 2. The predicted molar refractivity (Wildman–Crippen MR) is 86.2 cm³/mol. The van der Waals surface area contributed by atoms with Crippen molar-refractivity contribution in [3.05, 3.63) is 23.3 Å². The minimum atomic E-state index is -3.15. The van der Waals surface area contributed by atoms with Crippen LogP contribution in [0.3, 0.4) is 0 Å². The van der Waals surface area contributed by atoms with Crippen LogP contribution in [-0.4, -0.2) is 11.2 Å². The molecule has 1 aromatic rings. The molecule has 0 aromatic heterocycles. The Bertz CT molecular complexity index is 597. The Morgan fingerprint density at radius 2 is 1.91 bits per heavy atom. The van der Waals surface area contributed by atoms with Crippen LogP contribution in [0, 0.1) is 17.8 Å². The molecule has 0 bridgehead atoms. The Kier molecular flexibility index (Phi) is 4.06. The van der Waals surface area contributed by atoms with Gasteiger partial charge < -0.3 is 9.84 Å². The van der Waals surface area contributed by atoms with Crippen molar-refractivity contribution in [3.8, 4) is 11.5 Å². The van der Waals surface area contributed by atoms with Gasteiger partial charge in [0.05, 0.1) is 5.92 Å². The standard InChI is InChI=1S/C19H26F2O2/c1-10(2)12(4)13-8-16(22)18-14-7-11(3)5-6-15(14)19(20,21)23-17(18)9-13/h8-12,14-15,22H,5-7H2,1-4H3. The van der Waals surface area contributed by atoms with Crippen molar-refractivity contribution < 1.29 is 18.6 Å². The molecular formula is C19H26F2O2. The van der Waals surface area contributed by atoms with Gasteiger partial charge in [-0.05, 0) is 48.3 Å². The summed E-state index contributed by atoms with van der Waals surface area (Å²) >= 11 is 0. The predicted octanol–water partition coefficient (Wildman–Crippen LogP) is 5.66. The molecule has 1 N–H and O–H groups in total. The van der Waals surface area contributed by atoms with Crippen LogP contribution in [0.5, 0.6) is 11.5 Å². The maximum absolute atomic E-state index is 14.5. The van der Waals surface area contributed by atoms with Crippen molar-refractivity contribution in [2.75, 3.05) is 0 Å². The maximum Gasteiger partial charge on any atom is 0.401 e. The zero-order chi connectivity index (χ0) is 16.9. The number of phenolic OH excluding ortho intramolecular Hbond substituents is 1. The minimum absolute atomic E-state index is 0.115. The van der Waals surface area contributed by atoms with Gasteiger partial charge in [0, 0.05) is 11.5 Å². The molecule has 0 spiro atoms. The first-order valence-electron chi connectivity index (χ1n) is 8.64. The number of benzene rings is 1. The molecule has 2 nitrogen and oxygen atoms in total. The number of ether oxygens (including phenoxy) is 1. The molecule has 1 aliphatic heterocycles. The third-order valence-electron chi connectivity index (χ3n) is 5.83. The van der Waals surface area contributed by atoms with E-state index in [1.54, 1.807) is 12.1 Å². The molecule has 0 saturated heterocycles. The number of hydrogen-bond donors (Lipinski definition) is 1. The van der Waals surface area contributed by atoms with Gasteiger partial charge in [-0.15, -0.1) is 0 Å². The number of fused-ring (bicyclic) bond motifs is 3. The van der Waals surface area contributed by atoms with Crippen LogP contribution in [0.4, 0.5) is 8.78 Å². The quantitative estimate of drug-likeness (QED) is 0.761. The zero-order valence-electron chi connectivity index (χ0n) is 14.3. The Balaban J connectivity index is 2.07. The van der Waals surface area contributed by atoms with Crippen LogP contribution in [0.15, 0.2) is 12.1 Å². The fourth-order valence-corrected chi connectivity index (χ4v) is 4.06. The SMILES string of the molecule is CC1CCC2C(C1)c1c(O)cc(C(C)C(C)C)cc1OC2(F)F. The summed E-state index contributed by atoms with van der Waals surface area (Å²) < 4.78 is 34.0. The third-order valence-corrected chi connectivity index (χ3v) is 5.83. The van der Waals surface area contributed by atoms with E-state index in [2.05, 4.69) is 20.8 Å². The molecule has 128 valence electrons. The molecule has 1 aliphatic carbocycles. The molecule has 1 saturated carbocycles. The summed E-state index contributed by atoms with van der Waals surface area (Å²) in [5.74, 6) is 0.0703. The van der Waals surface area contributed by atoms with E-state index in [1.165, 1.54) is 0 Å². The van der Waals surface area contributed by atoms with E-state index < -0.39 is 12.0 Å². The van der Waals surface area contributed by atoms with Crippen LogP contribution in [-0.2, 0) is 0 Å². The highest BCUT2D eigenvalue weighted by atomic mass is 19.3. The van der Waals surface area contributed by atoms with Gasteiger partial charge in [-0.25, -0.2) is 0 Å². The van der Waals surface area contributed by atoms with E-state index in [4.69, 9.17) is 4.74 Å². The summed E-state index contributed by atoms with van der Waals surface area (Å²) in [6, 6.07) is 3.45. The van der Waals surface area contributed by atoms with E-state index in [9.17, 15) is 13.9 Å². The lowest BCUT2D eigenvalue weighted by Crippen LogP contribution is -2.44. The van der Waals surface area contributed by atoms with Gasteiger partial charge in [-0.3, -0.25) is 0 Å². The van der Waals surface area contributed by atoms with Crippen LogP contribution in [0.25, 0.3) is 0 Å². The van der Waals surface area contributed by atoms with E-state index in [1.807, 2.05) is 6.92 Å². The van der Waals surface area contributed by atoms with Gasteiger partial charge >= 0.3 is 6.11 Å². The fraction of sp³-hybridized carbons (Fsp3) is 0.684. The third kappa shape index (κ3) is 2.81. The average Bonchev–Trinajstić information content (AvgIpc) is 2.44. The number of halogens is 2. The Labute approximate surface area is 136 Å². The number of aromatic hydroxyl groups is 1. The topological polar surface area (TPSA) is 29.5 Å². The fourth-order valence-electron chi connectivity index (χ4n) is 4.06. The molecule has 2 aliphatic rings. The van der Waals surface area contributed by atoms with E-state index in [0.717, 1.165) is 12.0 Å². The number of alkyl halides is 2. The van der Waals surface area contributed by atoms with Gasteiger partial charge in [0.2, 0.25) is 0 Å². The van der Waals surface area contributed by atoms with Crippen molar-refractivity contribution in [1.29, 1.82) is 0 Å². The summed E-state index contributed by atoms with van der Waals surface area (Å²) in [5.41, 5.74) is 1.45. The average molecular weight is 324 g/mol. The largest absolute Gasteiger partial charge is 0.508 e. The normalized spacial score (nSPS) is 30.3. The second kappa shape index (κ2) is 5.64. The second-order valence-electron chi connectivity index (χ2n) is 7.78. The molecule has 23 heavy (non-hydrogen) atoms. The van der Waals surface area contributed by atoms with Crippen molar-refractivity contribution in [1.82, 2.24) is 0 Å². The van der Waals surface area contributed by atoms with E-state index in [0.29, 0.717) is 30.2 Å². The molecule has 4 unspecified atom stereocenters. The van der Waals surface area contributed by atoms with Crippen molar-refractivity contribution in [3.63, 3.8) is 0 Å². The summed E-state index contributed by atoms with van der Waals surface area (Å²) in [6.45, 7) is 8.29. The van der Waals surface area contributed by atoms with Gasteiger partial charge in [0.25, 0.3) is 0 Å². The molecule has 3 rings (SSSR count). The molecular weight excluding hydrogens is 298 g/mol. The molecule has 4 atom stereocenters. The summed E-state index contributed by atoms with van der Waals surface area (Å²) in [6.07, 6.45) is -1.23. The molecule has 4 heteroatoms. The summed E-state index contributed by atoms with van der Waals surface area (Å²) in [4.78, 5) is 0. The van der Waals surface area contributed by atoms with Gasteiger partial charge in [0.1, 0.15) is 11.5 Å². The summed E-state index contributed by atoms with van der Waals surface area (Å²) in [5, 5.41) is 10.5. The molecule has 1 fully saturated rings. The first kappa shape index (κ1) is 16.5. The van der Waals surface area contributed by atoms with Gasteiger partial charge in [-0.2, -0.15) is 8.78 Å². The first-order valence-corrected chi connectivity index (χ1v) is 8.64. The highest BCUT2D eigenvalue weighted by Gasteiger charge is 2.54. The molecule has 0 radical (unpaired) electrons. The van der Waals surface area contributed by atoms with Crippen LogP contribution >= 0.6 is 0 Å². The molecule has 1 heterocycles. The first-order chi connectivity index (χ1) is 10.7. The lowest BCUT2D eigenvalue weighted by Gasteiger charge is -2.43. The minimum Gasteiger partial charge on any atom is -0.508 e. The Morgan fingerprint density at radius 1 is 1.22 bits per heavy atom. The highest BCUT2D eigenvalue weighted by molar-refractivity contribution is 5.52. The monoisotopic (exact) mass is 324 g/mol. The Morgan fingerprint density at radius 3 is 2.57 bits per heavy atom. The van der Waals surface area contributed by atoms with Crippen LogP contribution < -0.4 is 4.74 Å².